The Kier molecular flexibility index (Phi) is 4.51. The maximum atomic E-state index is 12.7. The summed E-state index contributed by atoms with van der Waals surface area (Å²) in [5, 5.41) is -0.0309. The molecule has 3 rings (SSSR count). The first-order valence-corrected chi connectivity index (χ1v) is 8.73. The number of hydrogen-bond acceptors (Lipinski definition) is 6. The molecule has 0 bridgehead atoms. The highest BCUT2D eigenvalue weighted by molar-refractivity contribution is 8.00. The zero-order valence-electron chi connectivity index (χ0n) is 14.5. The van der Waals surface area contributed by atoms with Gasteiger partial charge in [0.15, 0.2) is 5.16 Å². The summed E-state index contributed by atoms with van der Waals surface area (Å²) in [6, 6.07) is 1.40. The first kappa shape index (κ1) is 17.4. The molecule has 9 heteroatoms. The summed E-state index contributed by atoms with van der Waals surface area (Å²) < 4.78 is 1.49. The molecule has 2 aromatic heterocycles. The fourth-order valence-corrected chi connectivity index (χ4v) is 3.71. The van der Waals surface area contributed by atoms with Crippen molar-refractivity contribution in [3.8, 4) is 0 Å². The van der Waals surface area contributed by atoms with E-state index in [4.69, 9.17) is 0 Å². The number of aromatic amines is 1. The predicted octanol–water partition coefficient (Wildman–Crippen LogP) is 0.503. The van der Waals surface area contributed by atoms with Crippen LogP contribution in [0.25, 0.3) is 0 Å². The number of H-pyrrole nitrogens is 1. The van der Waals surface area contributed by atoms with Gasteiger partial charge in [0, 0.05) is 18.8 Å². The molecule has 3 heterocycles. The second-order valence-corrected chi connectivity index (χ2v) is 7.42. The Bertz CT molecular complexity index is 965. The Morgan fingerprint density at radius 1 is 1.28 bits per heavy atom. The molecule has 1 aliphatic heterocycles. The number of amides is 1. The zero-order valence-corrected chi connectivity index (χ0v) is 15.3. The molecule has 2 aromatic rings. The molecule has 0 unspecified atom stereocenters. The number of carbonyl (C=O) groups excluding carboxylic acids is 1. The third-order valence-electron chi connectivity index (χ3n) is 4.18. The number of rotatable bonds is 3. The molecule has 1 N–H and O–H groups in total. The lowest BCUT2D eigenvalue weighted by molar-refractivity contribution is -0.130. The Morgan fingerprint density at radius 3 is 2.68 bits per heavy atom. The number of nitrogens with one attached hydrogen (secondary N) is 1. The van der Waals surface area contributed by atoms with Gasteiger partial charge in [0.2, 0.25) is 5.91 Å². The van der Waals surface area contributed by atoms with Crippen molar-refractivity contribution < 1.29 is 4.79 Å². The minimum atomic E-state index is -0.441. The molecule has 1 atom stereocenters. The van der Waals surface area contributed by atoms with Crippen molar-refractivity contribution >= 4 is 17.7 Å². The van der Waals surface area contributed by atoms with E-state index in [1.807, 2.05) is 0 Å². The fourth-order valence-electron chi connectivity index (χ4n) is 2.77. The minimum absolute atomic E-state index is 0.109. The molecule has 0 fully saturated rings. The van der Waals surface area contributed by atoms with Crippen molar-refractivity contribution in [3.63, 3.8) is 0 Å². The molecule has 0 radical (unpaired) electrons. The summed E-state index contributed by atoms with van der Waals surface area (Å²) in [6.45, 7) is 5.84. The summed E-state index contributed by atoms with van der Waals surface area (Å²) >= 11 is 1.19. The first-order chi connectivity index (χ1) is 11.8. The number of carbonyl (C=O) groups is 1. The maximum Gasteiger partial charge on any atom is 0.258 e. The van der Waals surface area contributed by atoms with Crippen molar-refractivity contribution in [1.82, 2.24) is 24.4 Å². The number of fused-ring (bicyclic) bond motifs is 1. The van der Waals surface area contributed by atoms with Crippen LogP contribution in [0, 0.1) is 13.8 Å². The van der Waals surface area contributed by atoms with E-state index in [1.165, 1.54) is 22.4 Å². The van der Waals surface area contributed by atoms with Gasteiger partial charge in [-0.05, 0) is 20.8 Å². The monoisotopic (exact) mass is 361 g/mol. The van der Waals surface area contributed by atoms with E-state index in [2.05, 4.69) is 15.0 Å². The number of thioether (sulfide) groups is 1. The number of hydrogen-bond donors (Lipinski definition) is 1. The van der Waals surface area contributed by atoms with Crippen LogP contribution in [0.1, 0.15) is 29.7 Å². The Hall–Kier alpha value is -2.42. The molecule has 0 aromatic carbocycles. The topological polar surface area (TPSA) is 101 Å². The fraction of sp³-hybridized carbons (Fsp3) is 0.438. The normalized spacial score (nSPS) is 14.5. The van der Waals surface area contributed by atoms with Crippen molar-refractivity contribution in [1.29, 1.82) is 0 Å². The summed E-state index contributed by atoms with van der Waals surface area (Å²) in [5.74, 6) is 0.508. The van der Waals surface area contributed by atoms with Crippen LogP contribution in [0.3, 0.4) is 0 Å². The first-order valence-electron chi connectivity index (χ1n) is 7.85. The molecule has 0 saturated heterocycles. The van der Waals surface area contributed by atoms with E-state index in [9.17, 15) is 14.4 Å². The van der Waals surface area contributed by atoms with Gasteiger partial charge in [-0.25, -0.2) is 9.97 Å². The van der Waals surface area contributed by atoms with Gasteiger partial charge < -0.3 is 9.88 Å². The highest BCUT2D eigenvalue weighted by atomic mass is 32.2. The third kappa shape index (κ3) is 3.37. The summed E-state index contributed by atoms with van der Waals surface area (Å²) in [6.07, 6.45) is 0. The number of nitrogens with zero attached hydrogens (tertiary/aromatic N) is 4. The molecule has 0 saturated carbocycles. The molecule has 0 spiro atoms. The van der Waals surface area contributed by atoms with E-state index < -0.39 is 5.25 Å². The van der Waals surface area contributed by atoms with Gasteiger partial charge in [-0.15, -0.1) is 0 Å². The quantitative estimate of drug-likeness (QED) is 0.631. The van der Waals surface area contributed by atoms with Crippen LogP contribution >= 0.6 is 11.8 Å². The minimum Gasteiger partial charge on any atom is -0.331 e. The largest absolute Gasteiger partial charge is 0.331 e. The molecule has 0 aliphatic carbocycles. The van der Waals surface area contributed by atoms with Gasteiger partial charge in [0.05, 0.1) is 29.6 Å². The van der Waals surface area contributed by atoms with Crippen LogP contribution in [0.2, 0.25) is 0 Å². The lowest BCUT2D eigenvalue weighted by atomic mass is 10.2. The average molecular weight is 361 g/mol. The van der Waals surface area contributed by atoms with Crippen molar-refractivity contribution in [2.24, 2.45) is 7.05 Å². The Morgan fingerprint density at radius 2 is 2.00 bits per heavy atom. The lowest BCUT2D eigenvalue weighted by Gasteiger charge is -2.19. The highest BCUT2D eigenvalue weighted by Gasteiger charge is 2.31. The van der Waals surface area contributed by atoms with Crippen molar-refractivity contribution in [2.45, 2.75) is 44.3 Å². The summed E-state index contributed by atoms with van der Waals surface area (Å²) in [5.41, 5.74) is 1.48. The number of aryl methyl sites for hydroxylation is 2. The van der Waals surface area contributed by atoms with Crippen LogP contribution < -0.4 is 11.1 Å². The van der Waals surface area contributed by atoms with E-state index in [-0.39, 0.29) is 23.6 Å². The van der Waals surface area contributed by atoms with Gasteiger partial charge in [-0.1, -0.05) is 11.8 Å². The van der Waals surface area contributed by atoms with Crippen molar-refractivity contribution in [3.05, 3.63) is 49.5 Å². The van der Waals surface area contributed by atoms with Crippen molar-refractivity contribution in [2.75, 3.05) is 0 Å². The van der Waals surface area contributed by atoms with Crippen LogP contribution in [0.4, 0.5) is 0 Å². The molecule has 132 valence electrons. The maximum absolute atomic E-state index is 12.7. The Balaban J connectivity index is 1.77. The molecule has 1 amide bonds. The van der Waals surface area contributed by atoms with Gasteiger partial charge in [-0.3, -0.25) is 19.0 Å². The summed E-state index contributed by atoms with van der Waals surface area (Å²) in [7, 11) is 1.67. The second kappa shape index (κ2) is 6.47. The molecule has 25 heavy (non-hydrogen) atoms. The molecule has 1 aliphatic rings. The highest BCUT2D eigenvalue weighted by Crippen LogP contribution is 2.25. The predicted molar refractivity (Wildman–Crippen MR) is 93.4 cm³/mol. The van der Waals surface area contributed by atoms with Gasteiger partial charge >= 0.3 is 0 Å². The van der Waals surface area contributed by atoms with Crippen LogP contribution in [0.5, 0.6) is 0 Å². The molecular weight excluding hydrogens is 342 g/mol. The number of aromatic nitrogens is 4. The van der Waals surface area contributed by atoms with Gasteiger partial charge in [0.25, 0.3) is 11.1 Å². The van der Waals surface area contributed by atoms with E-state index in [1.54, 1.807) is 32.7 Å². The average Bonchev–Trinajstić information content (AvgIpc) is 2.95. The van der Waals surface area contributed by atoms with E-state index in [0.29, 0.717) is 34.5 Å². The van der Waals surface area contributed by atoms with Crippen LogP contribution in [-0.2, 0) is 24.9 Å². The molecule has 8 nitrogen and oxygen atoms in total. The van der Waals surface area contributed by atoms with Gasteiger partial charge in [-0.2, -0.15) is 0 Å². The second-order valence-electron chi connectivity index (χ2n) is 6.09. The van der Waals surface area contributed by atoms with Crippen LogP contribution in [0.15, 0.2) is 20.8 Å². The standard InChI is InChI=1S/C16H19N5O3S/c1-8-5-13(22)19-16(17-8)25-9(2)14(23)21-6-11-12(7-21)18-10(3)20(4)15(11)24/h5,9H,6-7H2,1-4H3,(H,17,19,22)/t9-/m0/s1. The smallest absolute Gasteiger partial charge is 0.258 e. The zero-order chi connectivity index (χ0) is 18.3. The SMILES string of the molecule is Cc1cc(=O)[nH]c(S[C@@H](C)C(=O)N2Cc3nc(C)n(C)c(=O)c3C2)n1. The van der Waals surface area contributed by atoms with Gasteiger partial charge in [0.1, 0.15) is 5.82 Å². The van der Waals surface area contributed by atoms with E-state index in [0.717, 1.165) is 0 Å². The summed E-state index contributed by atoms with van der Waals surface area (Å²) in [4.78, 5) is 49.4. The van der Waals surface area contributed by atoms with E-state index >= 15 is 0 Å². The lowest BCUT2D eigenvalue weighted by Crippen LogP contribution is -2.33. The third-order valence-corrected chi connectivity index (χ3v) is 5.15. The molecular formula is C16H19N5O3S. The Labute approximate surface area is 148 Å². The van der Waals surface area contributed by atoms with Crippen LogP contribution in [-0.4, -0.2) is 35.6 Å².